The standard InChI is InChI=1S/C30H25ClF3N5O5/c1-4-43-26-16-39(22-8-5-17(31)13-20(22)30(32,33)34)38-28(26)29(40)37-27-10-6-18(15-36-27)44-23-11-12-35-21-14-25(42-3)24(41-2)9-7-19(21)23/h5-6,8-16H,4,7H2,1-3H3,(H,36,37,40). The number of fused-ring (bicyclic) bond motifs is 1. The van der Waals surface area contributed by atoms with Crippen LogP contribution in [0, 0.1) is 0 Å². The van der Waals surface area contributed by atoms with Gasteiger partial charge in [0.25, 0.3) is 5.91 Å². The minimum atomic E-state index is -4.71. The lowest BCUT2D eigenvalue weighted by atomic mass is 10.1. The summed E-state index contributed by atoms with van der Waals surface area (Å²) in [6.07, 6.45) is 3.61. The molecule has 0 fully saturated rings. The number of hydrogen-bond donors (Lipinski definition) is 1. The van der Waals surface area contributed by atoms with Crippen LogP contribution in [0.3, 0.4) is 0 Å². The molecule has 1 aliphatic carbocycles. The molecule has 3 heterocycles. The average molecular weight is 628 g/mol. The summed E-state index contributed by atoms with van der Waals surface area (Å²) in [4.78, 5) is 21.8. The predicted molar refractivity (Wildman–Crippen MR) is 155 cm³/mol. The number of pyridine rings is 2. The van der Waals surface area contributed by atoms with Crippen molar-refractivity contribution in [1.82, 2.24) is 19.7 Å². The molecular weight excluding hydrogens is 603 g/mol. The molecule has 1 aromatic carbocycles. The molecule has 10 nitrogen and oxygen atoms in total. The molecule has 228 valence electrons. The van der Waals surface area contributed by atoms with Crippen LogP contribution >= 0.6 is 11.6 Å². The summed E-state index contributed by atoms with van der Waals surface area (Å²) in [5, 5.41) is 6.59. The van der Waals surface area contributed by atoms with Crippen LogP contribution in [0.15, 0.2) is 72.6 Å². The van der Waals surface area contributed by atoms with Gasteiger partial charge < -0.3 is 24.3 Å². The molecule has 0 spiro atoms. The lowest BCUT2D eigenvalue weighted by Crippen LogP contribution is -2.16. The van der Waals surface area contributed by atoms with Gasteiger partial charge in [0.05, 0.1) is 50.2 Å². The minimum Gasteiger partial charge on any atom is -0.493 e. The van der Waals surface area contributed by atoms with E-state index in [9.17, 15) is 18.0 Å². The quantitative estimate of drug-likeness (QED) is 0.215. The molecule has 14 heteroatoms. The average Bonchev–Trinajstić information content (AvgIpc) is 3.32. The smallest absolute Gasteiger partial charge is 0.418 e. The largest absolute Gasteiger partial charge is 0.493 e. The highest BCUT2D eigenvalue weighted by Crippen LogP contribution is 2.36. The number of anilines is 1. The molecule has 1 aliphatic rings. The number of halogens is 4. The number of carbonyl (C=O) groups excluding carboxylic acids is 1. The molecule has 5 rings (SSSR count). The van der Waals surface area contributed by atoms with E-state index in [1.54, 1.807) is 45.5 Å². The normalized spacial score (nSPS) is 12.8. The number of ether oxygens (including phenoxy) is 4. The number of rotatable bonds is 9. The topological polar surface area (TPSA) is 110 Å². The Hall–Kier alpha value is -5.04. The summed E-state index contributed by atoms with van der Waals surface area (Å²) in [6.45, 7) is 1.82. The Labute approximate surface area is 254 Å². The van der Waals surface area contributed by atoms with Gasteiger partial charge in [0.15, 0.2) is 23.0 Å². The van der Waals surface area contributed by atoms with Crippen molar-refractivity contribution in [2.45, 2.75) is 19.5 Å². The Morgan fingerprint density at radius 3 is 2.55 bits per heavy atom. The van der Waals surface area contributed by atoms with Gasteiger partial charge >= 0.3 is 6.18 Å². The number of amides is 1. The van der Waals surface area contributed by atoms with E-state index in [0.717, 1.165) is 22.4 Å². The van der Waals surface area contributed by atoms with Crippen LogP contribution in [-0.2, 0) is 22.1 Å². The van der Waals surface area contributed by atoms with Gasteiger partial charge in [-0.25, -0.2) is 9.67 Å². The molecule has 0 saturated heterocycles. The highest BCUT2D eigenvalue weighted by molar-refractivity contribution is 6.30. The van der Waals surface area contributed by atoms with Gasteiger partial charge in [-0.2, -0.15) is 18.3 Å². The number of benzene rings is 1. The van der Waals surface area contributed by atoms with E-state index in [1.165, 1.54) is 24.5 Å². The molecule has 1 N–H and O–H groups in total. The number of alkyl halides is 3. The number of allylic oxidation sites excluding steroid dienone is 1. The van der Waals surface area contributed by atoms with Crippen LogP contribution in [0.25, 0.3) is 11.8 Å². The monoisotopic (exact) mass is 627 g/mol. The van der Waals surface area contributed by atoms with E-state index in [1.807, 2.05) is 6.08 Å². The molecule has 4 aromatic rings. The maximum absolute atomic E-state index is 13.7. The number of hydrogen-bond acceptors (Lipinski definition) is 8. The lowest BCUT2D eigenvalue weighted by molar-refractivity contribution is -0.137. The van der Waals surface area contributed by atoms with Crippen molar-refractivity contribution in [3.63, 3.8) is 0 Å². The second-order valence-corrected chi connectivity index (χ2v) is 9.61. The molecular formula is C30H25ClF3N5O5. The summed E-state index contributed by atoms with van der Waals surface area (Å²) >= 11 is 5.80. The summed E-state index contributed by atoms with van der Waals surface area (Å²) < 4.78 is 64.4. The van der Waals surface area contributed by atoms with E-state index in [4.69, 9.17) is 30.5 Å². The first-order valence-corrected chi connectivity index (χ1v) is 13.5. The van der Waals surface area contributed by atoms with Gasteiger partial charge in [0, 0.05) is 29.3 Å². The second kappa shape index (κ2) is 12.7. The van der Waals surface area contributed by atoms with Crippen molar-refractivity contribution < 1.29 is 36.9 Å². The maximum atomic E-state index is 13.7. The Kier molecular flexibility index (Phi) is 8.76. The zero-order valence-electron chi connectivity index (χ0n) is 23.6. The Bertz CT molecular complexity index is 1750. The van der Waals surface area contributed by atoms with Crippen LogP contribution in [0.4, 0.5) is 19.0 Å². The first-order chi connectivity index (χ1) is 21.1. The van der Waals surface area contributed by atoms with Crippen molar-refractivity contribution in [3.8, 4) is 22.9 Å². The van der Waals surface area contributed by atoms with Crippen molar-refractivity contribution >= 4 is 29.4 Å². The minimum absolute atomic E-state index is 0.0113. The van der Waals surface area contributed by atoms with E-state index >= 15 is 0 Å². The Morgan fingerprint density at radius 1 is 1.07 bits per heavy atom. The van der Waals surface area contributed by atoms with Gasteiger partial charge in [-0.1, -0.05) is 11.6 Å². The molecule has 44 heavy (non-hydrogen) atoms. The summed E-state index contributed by atoms with van der Waals surface area (Å²) in [5.41, 5.74) is -0.108. The SMILES string of the molecule is CCOc1cn(-c2ccc(Cl)cc2C(F)(F)F)nc1C(=O)Nc1ccc(Oc2ccnc3c2CC=C(OC)C(OC)=C3)cn1. The molecule has 0 unspecified atom stereocenters. The van der Waals surface area contributed by atoms with Crippen molar-refractivity contribution in [3.05, 3.63) is 100 Å². The van der Waals surface area contributed by atoms with Crippen LogP contribution in [0.5, 0.6) is 17.2 Å². The van der Waals surface area contributed by atoms with Crippen LogP contribution in [0.1, 0.15) is 34.2 Å². The third-order valence-corrected chi connectivity index (χ3v) is 6.64. The number of methoxy groups -OCH3 is 2. The van der Waals surface area contributed by atoms with Crippen molar-refractivity contribution in [1.29, 1.82) is 0 Å². The zero-order chi connectivity index (χ0) is 31.4. The van der Waals surface area contributed by atoms with E-state index in [2.05, 4.69) is 20.4 Å². The fourth-order valence-corrected chi connectivity index (χ4v) is 4.57. The summed E-state index contributed by atoms with van der Waals surface area (Å²) in [5.74, 6) is 1.43. The van der Waals surface area contributed by atoms with Crippen molar-refractivity contribution in [2.24, 2.45) is 0 Å². The third-order valence-electron chi connectivity index (χ3n) is 6.40. The molecule has 0 bridgehead atoms. The first-order valence-electron chi connectivity index (χ1n) is 13.1. The van der Waals surface area contributed by atoms with Crippen LogP contribution < -0.4 is 14.8 Å². The summed E-state index contributed by atoms with van der Waals surface area (Å²) in [6, 6.07) is 8.08. The third kappa shape index (κ3) is 6.47. The summed E-state index contributed by atoms with van der Waals surface area (Å²) in [7, 11) is 3.10. The van der Waals surface area contributed by atoms with E-state index in [0.29, 0.717) is 35.1 Å². The number of nitrogens with one attached hydrogen (secondary N) is 1. The second-order valence-electron chi connectivity index (χ2n) is 9.18. The van der Waals surface area contributed by atoms with Crippen molar-refractivity contribution in [2.75, 3.05) is 26.1 Å². The molecule has 0 saturated carbocycles. The van der Waals surface area contributed by atoms with Gasteiger partial charge in [-0.05, 0) is 49.4 Å². The van der Waals surface area contributed by atoms with Crippen LogP contribution in [0.2, 0.25) is 5.02 Å². The first kappa shape index (κ1) is 30.4. The highest BCUT2D eigenvalue weighted by Gasteiger charge is 2.35. The van der Waals surface area contributed by atoms with Gasteiger partial charge in [-0.15, -0.1) is 0 Å². The molecule has 0 aliphatic heterocycles. The molecule has 1 amide bonds. The number of nitrogens with zero attached hydrogens (tertiary/aromatic N) is 4. The fraction of sp³-hybridized carbons (Fsp3) is 0.200. The Morgan fingerprint density at radius 2 is 1.86 bits per heavy atom. The van der Waals surface area contributed by atoms with E-state index < -0.39 is 17.6 Å². The predicted octanol–water partition coefficient (Wildman–Crippen LogP) is 6.85. The molecule has 3 aromatic heterocycles. The molecule has 0 atom stereocenters. The number of carbonyl (C=O) groups is 1. The Balaban J connectivity index is 1.36. The zero-order valence-corrected chi connectivity index (χ0v) is 24.4. The number of aromatic nitrogens is 4. The fourth-order valence-electron chi connectivity index (χ4n) is 4.40. The highest BCUT2D eigenvalue weighted by atomic mass is 35.5. The van der Waals surface area contributed by atoms with Gasteiger partial charge in [-0.3, -0.25) is 9.78 Å². The van der Waals surface area contributed by atoms with Gasteiger partial charge in [0.1, 0.15) is 17.3 Å². The maximum Gasteiger partial charge on any atom is 0.418 e. The lowest BCUT2D eigenvalue weighted by Gasteiger charge is -2.13. The van der Waals surface area contributed by atoms with Crippen LogP contribution in [-0.4, -0.2) is 46.5 Å². The van der Waals surface area contributed by atoms with E-state index in [-0.39, 0.29) is 34.6 Å². The molecule has 0 radical (unpaired) electrons. The van der Waals surface area contributed by atoms with Gasteiger partial charge in [0.2, 0.25) is 0 Å².